The number of sulfonamides is 1. The van der Waals surface area contributed by atoms with Gasteiger partial charge in [0.2, 0.25) is 16.0 Å². The molecule has 1 saturated heterocycles. The number of nitrogens with zero attached hydrogens (tertiary/aromatic N) is 5. The molecule has 2 aromatic carbocycles. The number of fused-ring (bicyclic) bond motifs is 1. The summed E-state index contributed by atoms with van der Waals surface area (Å²) in [6, 6.07) is 15.3. The molecule has 11 heteroatoms. The van der Waals surface area contributed by atoms with Crippen molar-refractivity contribution in [3.63, 3.8) is 0 Å². The minimum Gasteiger partial charge on any atom is -0.378 e. The number of nitrogens with one attached hydrogen (secondary N) is 2. The van der Waals surface area contributed by atoms with E-state index in [0.29, 0.717) is 28.5 Å². The molecule has 0 bridgehead atoms. The van der Waals surface area contributed by atoms with Crippen LogP contribution >= 0.6 is 0 Å². The highest BCUT2D eigenvalue weighted by Crippen LogP contribution is 2.29. The molecule has 0 unspecified atom stereocenters. The van der Waals surface area contributed by atoms with Gasteiger partial charge in [0, 0.05) is 37.1 Å². The van der Waals surface area contributed by atoms with Crippen molar-refractivity contribution >= 4 is 44.2 Å². The number of imidazole rings is 1. The number of benzene rings is 2. The maximum absolute atomic E-state index is 11.8. The minimum atomic E-state index is -3.34. The predicted molar refractivity (Wildman–Crippen MR) is 133 cm³/mol. The van der Waals surface area contributed by atoms with E-state index in [1.807, 2.05) is 24.3 Å². The Balaban J connectivity index is 1.42. The van der Waals surface area contributed by atoms with Crippen LogP contribution in [0.2, 0.25) is 0 Å². The standard InChI is InChI=1S/C23H25N7O3S/c1-29(34(2,31)32)18-7-3-16(4-8-18)20-21-22(25-15-24-21)28-23(27-20)26-17-5-9-19(10-6-17)30-11-13-33-14-12-30/h3-10,15H,11-14H2,1-2H3,(H2,24,25,26,27,28). The summed E-state index contributed by atoms with van der Waals surface area (Å²) < 4.78 is 30.3. The highest BCUT2D eigenvalue weighted by Gasteiger charge is 2.16. The van der Waals surface area contributed by atoms with Gasteiger partial charge in [-0.15, -0.1) is 0 Å². The average molecular weight is 480 g/mol. The zero-order chi connectivity index (χ0) is 23.7. The van der Waals surface area contributed by atoms with E-state index in [1.54, 1.807) is 18.5 Å². The average Bonchev–Trinajstić information content (AvgIpc) is 3.32. The molecule has 5 rings (SSSR count). The van der Waals surface area contributed by atoms with Crippen molar-refractivity contribution in [2.45, 2.75) is 0 Å². The molecule has 1 aliphatic heterocycles. The second-order valence-corrected chi connectivity index (χ2v) is 10.1. The zero-order valence-corrected chi connectivity index (χ0v) is 19.7. The van der Waals surface area contributed by atoms with Crippen LogP contribution in [0.4, 0.5) is 23.0 Å². The van der Waals surface area contributed by atoms with Crippen LogP contribution in [0.25, 0.3) is 22.4 Å². The van der Waals surface area contributed by atoms with Crippen molar-refractivity contribution in [2.24, 2.45) is 0 Å². The first kappa shape index (κ1) is 22.1. The fourth-order valence-electron chi connectivity index (χ4n) is 3.82. The number of rotatable bonds is 6. The molecular formula is C23H25N7O3S. The van der Waals surface area contributed by atoms with Gasteiger partial charge >= 0.3 is 0 Å². The van der Waals surface area contributed by atoms with Crippen molar-refractivity contribution < 1.29 is 13.2 Å². The van der Waals surface area contributed by atoms with Gasteiger partial charge in [-0.05, 0) is 36.4 Å². The fourth-order valence-corrected chi connectivity index (χ4v) is 4.33. The molecule has 2 N–H and O–H groups in total. The van der Waals surface area contributed by atoms with Crippen LogP contribution in [-0.2, 0) is 14.8 Å². The van der Waals surface area contributed by atoms with Crippen molar-refractivity contribution in [3.8, 4) is 11.3 Å². The summed E-state index contributed by atoms with van der Waals surface area (Å²) in [5.74, 6) is 0.422. The van der Waals surface area contributed by atoms with Crippen LogP contribution in [0.15, 0.2) is 54.9 Å². The molecule has 1 aliphatic rings. The molecule has 3 heterocycles. The van der Waals surface area contributed by atoms with Crippen LogP contribution in [0.5, 0.6) is 0 Å². The third kappa shape index (κ3) is 4.52. The Morgan fingerprint density at radius 2 is 1.74 bits per heavy atom. The number of hydrogen-bond donors (Lipinski definition) is 2. The summed E-state index contributed by atoms with van der Waals surface area (Å²) in [6.45, 7) is 3.25. The Hall–Kier alpha value is -3.70. The summed E-state index contributed by atoms with van der Waals surface area (Å²) in [5, 5.41) is 3.27. The van der Waals surface area contributed by atoms with Crippen molar-refractivity contribution in [1.82, 2.24) is 19.9 Å². The number of aromatic nitrogens is 4. The topological polar surface area (TPSA) is 116 Å². The van der Waals surface area contributed by atoms with Gasteiger partial charge in [0.25, 0.3) is 0 Å². The molecule has 0 atom stereocenters. The molecule has 4 aromatic rings. The molecule has 0 aliphatic carbocycles. The normalized spacial score (nSPS) is 14.4. The molecule has 2 aromatic heterocycles. The van der Waals surface area contributed by atoms with E-state index < -0.39 is 10.0 Å². The molecule has 0 radical (unpaired) electrons. The van der Waals surface area contributed by atoms with Crippen LogP contribution in [0.1, 0.15) is 0 Å². The van der Waals surface area contributed by atoms with Crippen molar-refractivity contribution in [3.05, 3.63) is 54.9 Å². The fraction of sp³-hybridized carbons (Fsp3) is 0.261. The lowest BCUT2D eigenvalue weighted by Gasteiger charge is -2.28. The summed E-state index contributed by atoms with van der Waals surface area (Å²) in [7, 11) is -1.82. The first-order valence-corrected chi connectivity index (χ1v) is 12.7. The number of H-pyrrole nitrogens is 1. The van der Waals surface area contributed by atoms with Crippen LogP contribution in [0.3, 0.4) is 0 Å². The first-order chi connectivity index (χ1) is 16.4. The van der Waals surface area contributed by atoms with E-state index in [0.717, 1.165) is 43.2 Å². The van der Waals surface area contributed by atoms with E-state index in [2.05, 4.69) is 37.3 Å². The molecule has 34 heavy (non-hydrogen) atoms. The largest absolute Gasteiger partial charge is 0.378 e. The third-order valence-electron chi connectivity index (χ3n) is 5.79. The number of aromatic amines is 1. The molecule has 176 valence electrons. The Kier molecular flexibility index (Phi) is 5.80. The monoisotopic (exact) mass is 479 g/mol. The van der Waals surface area contributed by atoms with E-state index in [1.165, 1.54) is 17.6 Å². The summed E-state index contributed by atoms with van der Waals surface area (Å²) in [4.78, 5) is 18.9. The van der Waals surface area contributed by atoms with Crippen LogP contribution < -0.4 is 14.5 Å². The van der Waals surface area contributed by atoms with Gasteiger partial charge in [0.1, 0.15) is 11.2 Å². The molecule has 1 fully saturated rings. The van der Waals surface area contributed by atoms with Crippen LogP contribution in [0, 0.1) is 0 Å². The van der Waals surface area contributed by atoms with Gasteiger partial charge in [0.05, 0.1) is 31.5 Å². The number of morpholine rings is 1. The summed E-state index contributed by atoms with van der Waals surface area (Å²) >= 11 is 0. The highest BCUT2D eigenvalue weighted by molar-refractivity contribution is 7.92. The second-order valence-electron chi connectivity index (χ2n) is 8.05. The highest BCUT2D eigenvalue weighted by atomic mass is 32.2. The van der Waals surface area contributed by atoms with Gasteiger partial charge in [-0.1, -0.05) is 12.1 Å². The van der Waals surface area contributed by atoms with E-state index in [9.17, 15) is 8.42 Å². The molecule has 10 nitrogen and oxygen atoms in total. The first-order valence-electron chi connectivity index (χ1n) is 10.8. The Morgan fingerprint density at radius 3 is 2.41 bits per heavy atom. The number of ether oxygens (including phenoxy) is 1. The van der Waals surface area contributed by atoms with Gasteiger partial charge < -0.3 is 19.9 Å². The zero-order valence-electron chi connectivity index (χ0n) is 18.9. The molecule has 0 saturated carbocycles. The minimum absolute atomic E-state index is 0.422. The Bertz CT molecular complexity index is 1400. The van der Waals surface area contributed by atoms with Gasteiger partial charge in [-0.2, -0.15) is 4.98 Å². The third-order valence-corrected chi connectivity index (χ3v) is 6.99. The maximum atomic E-state index is 11.8. The predicted octanol–water partition coefficient (Wildman–Crippen LogP) is 3.00. The lowest BCUT2D eigenvalue weighted by molar-refractivity contribution is 0.122. The maximum Gasteiger partial charge on any atom is 0.231 e. The summed E-state index contributed by atoms with van der Waals surface area (Å²) in [6.07, 6.45) is 2.75. The van der Waals surface area contributed by atoms with Gasteiger partial charge in [-0.25, -0.2) is 18.4 Å². The Morgan fingerprint density at radius 1 is 1.03 bits per heavy atom. The van der Waals surface area contributed by atoms with E-state index >= 15 is 0 Å². The van der Waals surface area contributed by atoms with Crippen molar-refractivity contribution in [1.29, 1.82) is 0 Å². The molecule has 0 spiro atoms. The quantitative estimate of drug-likeness (QED) is 0.434. The second kappa shape index (κ2) is 8.92. The van der Waals surface area contributed by atoms with E-state index in [4.69, 9.17) is 9.72 Å². The molecular weight excluding hydrogens is 454 g/mol. The number of anilines is 4. The van der Waals surface area contributed by atoms with E-state index in [-0.39, 0.29) is 0 Å². The van der Waals surface area contributed by atoms with Crippen molar-refractivity contribution in [2.75, 3.05) is 54.1 Å². The lowest BCUT2D eigenvalue weighted by atomic mass is 10.1. The Labute approximate surface area is 197 Å². The van der Waals surface area contributed by atoms with Gasteiger partial charge in [-0.3, -0.25) is 4.31 Å². The molecule has 0 amide bonds. The SMILES string of the molecule is CN(c1ccc(-c2nc(Nc3ccc(N4CCOCC4)cc3)nc3nc[nH]c23)cc1)S(C)(=O)=O. The number of hydrogen-bond acceptors (Lipinski definition) is 8. The smallest absolute Gasteiger partial charge is 0.231 e. The van der Waals surface area contributed by atoms with Gasteiger partial charge in [0.15, 0.2) is 5.65 Å². The summed E-state index contributed by atoms with van der Waals surface area (Å²) in [5.41, 5.74) is 5.31. The lowest BCUT2D eigenvalue weighted by Crippen LogP contribution is -2.36. The van der Waals surface area contributed by atoms with Crippen LogP contribution in [-0.4, -0.2) is 68.0 Å².